The molecule has 0 aliphatic rings. The number of carboxylic acids is 1. The Morgan fingerprint density at radius 3 is 2.72 bits per heavy atom. The van der Waals surface area contributed by atoms with Gasteiger partial charge >= 0.3 is 5.97 Å². The highest BCUT2D eigenvalue weighted by Crippen LogP contribution is 2.13. The standard InChI is InChI=1S/C13H18N2O3/c1-2-10(8-14)13(18)15-11-5-3-4-9(6-11)7-12(16)17/h3-6,10H,2,7-8,14H2,1H3,(H,15,18)(H,16,17). The fourth-order valence-electron chi connectivity index (χ4n) is 1.64. The monoisotopic (exact) mass is 250 g/mol. The van der Waals surface area contributed by atoms with Gasteiger partial charge < -0.3 is 16.2 Å². The number of nitrogens with one attached hydrogen (secondary N) is 1. The average molecular weight is 250 g/mol. The summed E-state index contributed by atoms with van der Waals surface area (Å²) in [6.45, 7) is 2.20. The van der Waals surface area contributed by atoms with Crippen molar-refractivity contribution in [3.63, 3.8) is 0 Å². The molecular weight excluding hydrogens is 232 g/mol. The molecule has 5 heteroatoms. The number of carbonyl (C=O) groups is 2. The average Bonchev–Trinajstić information content (AvgIpc) is 2.30. The van der Waals surface area contributed by atoms with Gasteiger partial charge in [-0.2, -0.15) is 0 Å². The maximum atomic E-state index is 11.8. The van der Waals surface area contributed by atoms with E-state index >= 15 is 0 Å². The summed E-state index contributed by atoms with van der Waals surface area (Å²) in [5.41, 5.74) is 6.75. The number of aliphatic carboxylic acids is 1. The molecule has 98 valence electrons. The van der Waals surface area contributed by atoms with Crippen LogP contribution in [0.4, 0.5) is 5.69 Å². The van der Waals surface area contributed by atoms with Gasteiger partial charge in [-0.05, 0) is 24.1 Å². The van der Waals surface area contributed by atoms with Crippen LogP contribution >= 0.6 is 0 Å². The van der Waals surface area contributed by atoms with Crippen LogP contribution in [0.5, 0.6) is 0 Å². The minimum Gasteiger partial charge on any atom is -0.481 e. The number of nitrogens with two attached hydrogens (primary N) is 1. The molecule has 1 aromatic carbocycles. The molecule has 0 aromatic heterocycles. The van der Waals surface area contributed by atoms with E-state index in [1.165, 1.54) is 0 Å². The molecule has 1 atom stereocenters. The Bertz CT molecular complexity index is 428. The highest BCUT2D eigenvalue weighted by atomic mass is 16.4. The Hall–Kier alpha value is -1.88. The van der Waals surface area contributed by atoms with Gasteiger partial charge in [-0.15, -0.1) is 0 Å². The van der Waals surface area contributed by atoms with Crippen LogP contribution in [0, 0.1) is 5.92 Å². The van der Waals surface area contributed by atoms with Gasteiger partial charge in [-0.3, -0.25) is 9.59 Å². The molecule has 0 heterocycles. The number of carboxylic acid groups (broad SMARTS) is 1. The Morgan fingerprint density at radius 1 is 1.44 bits per heavy atom. The quantitative estimate of drug-likeness (QED) is 0.708. The molecule has 0 spiro atoms. The Labute approximate surface area is 106 Å². The van der Waals surface area contributed by atoms with E-state index < -0.39 is 5.97 Å². The number of carbonyl (C=O) groups excluding carboxylic acids is 1. The van der Waals surface area contributed by atoms with Crippen molar-refractivity contribution in [2.75, 3.05) is 11.9 Å². The molecule has 1 amide bonds. The van der Waals surface area contributed by atoms with E-state index in [1.54, 1.807) is 24.3 Å². The molecule has 0 aliphatic carbocycles. The number of hydrogen-bond acceptors (Lipinski definition) is 3. The largest absolute Gasteiger partial charge is 0.481 e. The van der Waals surface area contributed by atoms with E-state index in [0.717, 1.165) is 0 Å². The van der Waals surface area contributed by atoms with Crippen molar-refractivity contribution in [1.29, 1.82) is 0 Å². The van der Waals surface area contributed by atoms with E-state index in [2.05, 4.69) is 5.32 Å². The van der Waals surface area contributed by atoms with E-state index in [4.69, 9.17) is 10.8 Å². The van der Waals surface area contributed by atoms with Gasteiger partial charge in [0.2, 0.25) is 5.91 Å². The summed E-state index contributed by atoms with van der Waals surface area (Å²) in [5, 5.41) is 11.4. The maximum Gasteiger partial charge on any atom is 0.307 e. The van der Waals surface area contributed by atoms with Gasteiger partial charge in [0.25, 0.3) is 0 Å². The number of rotatable bonds is 6. The van der Waals surface area contributed by atoms with Gasteiger partial charge in [0.05, 0.1) is 12.3 Å². The summed E-state index contributed by atoms with van der Waals surface area (Å²) in [5.74, 6) is -1.24. The fraction of sp³-hybridized carbons (Fsp3) is 0.385. The lowest BCUT2D eigenvalue weighted by Crippen LogP contribution is -2.28. The van der Waals surface area contributed by atoms with Crippen molar-refractivity contribution in [1.82, 2.24) is 0 Å². The lowest BCUT2D eigenvalue weighted by molar-refractivity contribution is -0.136. The molecule has 1 aromatic rings. The van der Waals surface area contributed by atoms with Crippen LogP contribution < -0.4 is 11.1 Å². The summed E-state index contributed by atoms with van der Waals surface area (Å²) in [7, 11) is 0. The first-order valence-electron chi connectivity index (χ1n) is 5.88. The van der Waals surface area contributed by atoms with Crippen LogP contribution in [0.3, 0.4) is 0 Å². The van der Waals surface area contributed by atoms with Crippen molar-refractivity contribution in [2.45, 2.75) is 19.8 Å². The fourth-order valence-corrected chi connectivity index (χ4v) is 1.64. The van der Waals surface area contributed by atoms with Crippen molar-refractivity contribution in [3.05, 3.63) is 29.8 Å². The van der Waals surface area contributed by atoms with E-state index in [9.17, 15) is 9.59 Å². The minimum atomic E-state index is -0.896. The first-order valence-corrected chi connectivity index (χ1v) is 5.88. The van der Waals surface area contributed by atoms with E-state index in [1.807, 2.05) is 6.92 Å². The molecule has 4 N–H and O–H groups in total. The SMILES string of the molecule is CCC(CN)C(=O)Nc1cccc(CC(=O)O)c1. The Kier molecular flexibility index (Phi) is 5.32. The summed E-state index contributed by atoms with van der Waals surface area (Å²) < 4.78 is 0. The maximum absolute atomic E-state index is 11.8. The summed E-state index contributed by atoms with van der Waals surface area (Å²) >= 11 is 0. The lowest BCUT2D eigenvalue weighted by Gasteiger charge is -2.13. The number of hydrogen-bond donors (Lipinski definition) is 3. The van der Waals surface area contributed by atoms with Crippen molar-refractivity contribution in [3.8, 4) is 0 Å². The van der Waals surface area contributed by atoms with Crippen LogP contribution in [-0.2, 0) is 16.0 Å². The zero-order chi connectivity index (χ0) is 13.5. The normalized spacial score (nSPS) is 11.9. The van der Waals surface area contributed by atoms with Gasteiger partial charge in [-0.25, -0.2) is 0 Å². The van der Waals surface area contributed by atoms with Gasteiger partial charge in [0.1, 0.15) is 0 Å². The summed E-state index contributed by atoms with van der Waals surface area (Å²) in [4.78, 5) is 22.4. The highest BCUT2D eigenvalue weighted by Gasteiger charge is 2.14. The second kappa shape index (κ2) is 6.76. The predicted octanol–water partition coefficient (Wildman–Crippen LogP) is 1.24. The van der Waals surface area contributed by atoms with Crippen molar-refractivity contribution < 1.29 is 14.7 Å². The van der Waals surface area contributed by atoms with Crippen LogP contribution in [0.1, 0.15) is 18.9 Å². The third kappa shape index (κ3) is 4.18. The Morgan fingerprint density at radius 2 is 2.17 bits per heavy atom. The molecule has 0 radical (unpaired) electrons. The molecule has 5 nitrogen and oxygen atoms in total. The van der Waals surface area contributed by atoms with E-state index in [0.29, 0.717) is 24.2 Å². The zero-order valence-corrected chi connectivity index (χ0v) is 10.3. The molecular formula is C13H18N2O3. The van der Waals surface area contributed by atoms with Crippen LogP contribution in [0.25, 0.3) is 0 Å². The molecule has 0 bridgehead atoms. The Balaban J connectivity index is 2.72. The van der Waals surface area contributed by atoms with Gasteiger partial charge in [-0.1, -0.05) is 19.1 Å². The third-order valence-corrected chi connectivity index (χ3v) is 2.70. The third-order valence-electron chi connectivity index (χ3n) is 2.70. The lowest BCUT2D eigenvalue weighted by atomic mass is 10.1. The highest BCUT2D eigenvalue weighted by molar-refractivity contribution is 5.92. The smallest absolute Gasteiger partial charge is 0.307 e. The first kappa shape index (κ1) is 14.2. The molecule has 0 saturated carbocycles. The number of benzene rings is 1. The number of anilines is 1. The zero-order valence-electron chi connectivity index (χ0n) is 10.3. The van der Waals surface area contributed by atoms with Gasteiger partial charge in [0, 0.05) is 12.2 Å². The second-order valence-corrected chi connectivity index (χ2v) is 4.10. The molecule has 0 fully saturated rings. The van der Waals surface area contributed by atoms with Gasteiger partial charge in [0.15, 0.2) is 0 Å². The second-order valence-electron chi connectivity index (χ2n) is 4.10. The molecule has 18 heavy (non-hydrogen) atoms. The van der Waals surface area contributed by atoms with Crippen LogP contribution in [-0.4, -0.2) is 23.5 Å². The molecule has 1 rings (SSSR count). The number of amides is 1. The molecule has 0 saturated heterocycles. The van der Waals surface area contributed by atoms with Crippen LogP contribution in [0.15, 0.2) is 24.3 Å². The summed E-state index contributed by atoms with van der Waals surface area (Å²) in [6, 6.07) is 6.82. The molecule has 1 unspecified atom stereocenters. The van der Waals surface area contributed by atoms with E-state index in [-0.39, 0.29) is 18.2 Å². The van der Waals surface area contributed by atoms with Crippen LogP contribution in [0.2, 0.25) is 0 Å². The van der Waals surface area contributed by atoms with Crippen molar-refractivity contribution in [2.24, 2.45) is 11.7 Å². The minimum absolute atomic E-state index is 0.0577. The predicted molar refractivity (Wildman–Crippen MR) is 69.2 cm³/mol. The summed E-state index contributed by atoms with van der Waals surface area (Å²) in [6.07, 6.45) is 0.620. The first-order chi connectivity index (χ1) is 8.56. The topological polar surface area (TPSA) is 92.4 Å². The van der Waals surface area contributed by atoms with Crippen molar-refractivity contribution >= 4 is 17.6 Å². The molecule has 0 aliphatic heterocycles.